The number of fused-ring (bicyclic) bond motifs is 1. The first kappa shape index (κ1) is 24.6. The second kappa shape index (κ2) is 10.3. The van der Waals surface area contributed by atoms with E-state index in [0.717, 1.165) is 15.4 Å². The molecule has 1 aromatic heterocycles. The molecule has 6 N–H and O–H groups in total. The highest BCUT2D eigenvalue weighted by molar-refractivity contribution is 9.10. The van der Waals surface area contributed by atoms with Gasteiger partial charge >= 0.3 is 5.97 Å². The Balaban J connectivity index is 0.000000235. The number of aromatic carboxylic acids is 1. The van der Waals surface area contributed by atoms with E-state index in [4.69, 9.17) is 16.0 Å². The van der Waals surface area contributed by atoms with Crippen LogP contribution in [0.15, 0.2) is 80.7 Å². The van der Waals surface area contributed by atoms with Crippen LogP contribution in [0.1, 0.15) is 10.4 Å². The summed E-state index contributed by atoms with van der Waals surface area (Å²) in [5, 5.41) is 17.6. The summed E-state index contributed by atoms with van der Waals surface area (Å²) >= 11 is 6.54. The number of primary sulfonamides is 1. The van der Waals surface area contributed by atoms with Crippen molar-refractivity contribution in [2.24, 2.45) is 5.14 Å². The highest BCUT2D eigenvalue weighted by atomic mass is 79.9. The smallest absolute Gasteiger partial charge is 0.337 e. The Morgan fingerprint density at radius 2 is 1.61 bits per heavy atom. The van der Waals surface area contributed by atoms with Crippen molar-refractivity contribution in [1.29, 1.82) is 0 Å². The minimum Gasteiger partial charge on any atom is -0.478 e. The fourth-order valence-electron chi connectivity index (χ4n) is 2.64. The summed E-state index contributed by atoms with van der Waals surface area (Å²) < 4.78 is 24.1. The van der Waals surface area contributed by atoms with Crippen LogP contribution >= 0.6 is 31.9 Å². The van der Waals surface area contributed by atoms with Gasteiger partial charge < -0.3 is 16.2 Å². The average Bonchev–Trinajstić information content (AvgIpc) is 2.75. The molecule has 0 aliphatic heterocycles. The average molecular weight is 595 g/mol. The molecular weight excluding hydrogens is 578 g/mol. The first-order valence-corrected chi connectivity index (χ1v) is 12.3. The number of hydrogen-bond donors (Lipinski definition) is 4. The van der Waals surface area contributed by atoms with Crippen LogP contribution in [0.4, 0.5) is 17.3 Å². The van der Waals surface area contributed by atoms with E-state index in [1.54, 1.807) is 30.5 Å². The van der Waals surface area contributed by atoms with Crippen molar-refractivity contribution in [3.05, 3.63) is 81.4 Å². The Labute approximate surface area is 206 Å². The normalized spacial score (nSPS) is 10.9. The van der Waals surface area contributed by atoms with Gasteiger partial charge in [-0.1, -0.05) is 31.9 Å². The van der Waals surface area contributed by atoms with Crippen LogP contribution in [0.3, 0.4) is 0 Å². The number of nitrogens with zero attached hydrogens (tertiary/aromatic N) is 2. The van der Waals surface area contributed by atoms with E-state index < -0.39 is 16.0 Å². The van der Waals surface area contributed by atoms with E-state index in [1.165, 1.54) is 18.2 Å². The van der Waals surface area contributed by atoms with E-state index >= 15 is 0 Å². The summed E-state index contributed by atoms with van der Waals surface area (Å²) in [6.07, 6.45) is 1.72. The molecule has 0 amide bonds. The van der Waals surface area contributed by atoms with E-state index in [1.807, 2.05) is 18.2 Å². The summed E-state index contributed by atoms with van der Waals surface area (Å²) in [5.74, 6) is -0.582. The predicted molar refractivity (Wildman–Crippen MR) is 134 cm³/mol. The molecule has 0 aliphatic rings. The first-order valence-electron chi connectivity index (χ1n) is 9.13. The molecule has 0 unspecified atom stereocenters. The van der Waals surface area contributed by atoms with Crippen molar-refractivity contribution in [2.45, 2.75) is 4.90 Å². The summed E-state index contributed by atoms with van der Waals surface area (Å²) in [5.41, 5.74) is 7.27. The minimum atomic E-state index is -3.69. The van der Waals surface area contributed by atoms with Crippen molar-refractivity contribution in [3.8, 4) is 0 Å². The molecule has 4 rings (SSSR count). The van der Waals surface area contributed by atoms with Gasteiger partial charge in [-0.25, -0.2) is 28.3 Å². The number of sulfonamides is 1. The number of halogens is 2. The molecule has 33 heavy (non-hydrogen) atoms. The number of nitrogens with one attached hydrogen (secondary N) is 1. The lowest BCUT2D eigenvalue weighted by Gasteiger charge is -2.06. The Kier molecular flexibility index (Phi) is 7.64. The zero-order valence-electron chi connectivity index (χ0n) is 16.7. The van der Waals surface area contributed by atoms with E-state index in [2.05, 4.69) is 47.1 Å². The topological polar surface area (TPSA) is 161 Å². The van der Waals surface area contributed by atoms with Gasteiger partial charge in [0.2, 0.25) is 16.0 Å². The highest BCUT2D eigenvalue weighted by Crippen LogP contribution is 2.21. The minimum absolute atomic E-state index is 0.0577. The molecule has 3 aromatic carbocycles. The van der Waals surface area contributed by atoms with Crippen molar-refractivity contribution < 1.29 is 18.3 Å². The molecular formula is C21H17Br2N5O4S. The molecule has 170 valence electrons. The zero-order valence-corrected chi connectivity index (χ0v) is 20.7. The van der Waals surface area contributed by atoms with Gasteiger partial charge in [0.05, 0.1) is 16.0 Å². The van der Waals surface area contributed by atoms with Crippen LogP contribution in [-0.2, 0) is 10.0 Å². The van der Waals surface area contributed by atoms with Crippen LogP contribution < -0.4 is 16.2 Å². The molecule has 12 heteroatoms. The molecule has 0 saturated carbocycles. The molecule has 0 saturated heterocycles. The van der Waals surface area contributed by atoms with Gasteiger partial charge in [0, 0.05) is 31.9 Å². The lowest BCUT2D eigenvalue weighted by Crippen LogP contribution is -2.11. The number of aromatic nitrogens is 2. The number of rotatable bonds is 4. The summed E-state index contributed by atoms with van der Waals surface area (Å²) in [7, 11) is -3.69. The number of carbonyl (C=O) groups is 1. The third-order valence-corrected chi connectivity index (χ3v) is 6.14. The van der Waals surface area contributed by atoms with Crippen LogP contribution in [0.5, 0.6) is 0 Å². The van der Waals surface area contributed by atoms with Gasteiger partial charge in [-0.3, -0.25) is 0 Å². The monoisotopic (exact) mass is 593 g/mol. The number of anilines is 3. The van der Waals surface area contributed by atoms with Gasteiger partial charge in [-0.2, -0.15) is 0 Å². The Bertz CT molecular complexity index is 1430. The Morgan fingerprint density at radius 3 is 2.21 bits per heavy atom. The van der Waals surface area contributed by atoms with Crippen LogP contribution in [0.25, 0.3) is 10.9 Å². The molecule has 9 nitrogen and oxygen atoms in total. The van der Waals surface area contributed by atoms with Crippen molar-refractivity contribution in [3.63, 3.8) is 0 Å². The van der Waals surface area contributed by atoms with Crippen LogP contribution in [0.2, 0.25) is 0 Å². The highest BCUT2D eigenvalue weighted by Gasteiger charge is 2.08. The molecule has 0 aliphatic carbocycles. The third kappa shape index (κ3) is 6.71. The number of benzene rings is 3. The van der Waals surface area contributed by atoms with Crippen molar-refractivity contribution in [2.75, 3.05) is 11.1 Å². The van der Waals surface area contributed by atoms with E-state index in [0.29, 0.717) is 16.1 Å². The molecule has 1 heterocycles. The molecule has 0 fully saturated rings. The van der Waals surface area contributed by atoms with Crippen LogP contribution in [-0.4, -0.2) is 29.5 Å². The van der Waals surface area contributed by atoms with Gasteiger partial charge in [0.15, 0.2) is 0 Å². The van der Waals surface area contributed by atoms with E-state index in [-0.39, 0.29) is 16.1 Å². The van der Waals surface area contributed by atoms with E-state index in [9.17, 15) is 13.2 Å². The molecule has 0 spiro atoms. The summed E-state index contributed by atoms with van der Waals surface area (Å²) in [4.78, 5) is 19.2. The number of hydrogen-bond acceptors (Lipinski definition) is 7. The summed E-state index contributed by atoms with van der Waals surface area (Å²) in [6, 6.07) is 16.5. The lowest BCUT2D eigenvalue weighted by atomic mass is 10.2. The number of nitrogens with two attached hydrogens (primary N) is 2. The fraction of sp³-hybridized carbons (Fsp3) is 0. The van der Waals surface area contributed by atoms with Crippen molar-refractivity contribution in [1.82, 2.24) is 9.97 Å². The third-order valence-electron chi connectivity index (χ3n) is 4.23. The maximum absolute atomic E-state index is 11.2. The van der Waals surface area contributed by atoms with Gasteiger partial charge in [0.1, 0.15) is 0 Å². The van der Waals surface area contributed by atoms with Gasteiger partial charge in [-0.05, 0) is 60.7 Å². The maximum atomic E-state index is 11.2. The van der Waals surface area contributed by atoms with Crippen LogP contribution in [0, 0.1) is 0 Å². The second-order valence-electron chi connectivity index (χ2n) is 6.63. The molecule has 0 radical (unpaired) electrons. The fourth-order valence-corrected chi connectivity index (χ4v) is 3.89. The SMILES string of the molecule is NS(=O)(=O)c1ccc(Nc2ncc3cc(Br)ccc3n2)cc1.Nc1ccc(Br)cc1C(=O)O. The lowest BCUT2D eigenvalue weighted by molar-refractivity contribution is 0.0698. The van der Waals surface area contributed by atoms with Gasteiger partial charge in [0.25, 0.3) is 0 Å². The zero-order chi connectivity index (χ0) is 24.2. The number of nitrogen functional groups attached to an aromatic ring is 1. The largest absolute Gasteiger partial charge is 0.478 e. The number of carboxylic acid groups (broad SMARTS) is 1. The Morgan fingerprint density at radius 1 is 0.970 bits per heavy atom. The maximum Gasteiger partial charge on any atom is 0.337 e. The van der Waals surface area contributed by atoms with Crippen molar-refractivity contribution >= 4 is 76.1 Å². The Hall–Kier alpha value is -3.06. The predicted octanol–water partition coefficient (Wildman–Crippen LogP) is 4.51. The van der Waals surface area contributed by atoms with Gasteiger partial charge in [-0.15, -0.1) is 0 Å². The quantitative estimate of drug-likeness (QED) is 0.251. The second-order valence-corrected chi connectivity index (χ2v) is 10.0. The number of carboxylic acids is 1. The molecule has 0 bridgehead atoms. The standard InChI is InChI=1S/C14H11BrN4O2S.C7H6BrNO2/c15-10-1-6-13-9(7-10)8-17-14(19-13)18-11-2-4-12(5-3-11)22(16,20)21;8-4-1-2-6(9)5(3-4)7(10)11/h1-8H,(H2,16,20,21)(H,17,18,19);1-3H,9H2,(H,10,11). The first-order chi connectivity index (χ1) is 15.5. The molecule has 4 aromatic rings. The molecule has 0 atom stereocenters. The summed E-state index contributed by atoms with van der Waals surface area (Å²) in [6.45, 7) is 0.